The van der Waals surface area contributed by atoms with Crippen molar-refractivity contribution in [2.45, 2.75) is 29.9 Å². The van der Waals surface area contributed by atoms with Crippen molar-refractivity contribution in [3.63, 3.8) is 0 Å². The van der Waals surface area contributed by atoms with Crippen LogP contribution in [0.15, 0.2) is 52.8 Å². The van der Waals surface area contributed by atoms with Crippen LogP contribution in [0, 0.1) is 0 Å². The van der Waals surface area contributed by atoms with Gasteiger partial charge in [-0.15, -0.1) is 0 Å². The predicted octanol–water partition coefficient (Wildman–Crippen LogP) is 3.55. The Kier molecular flexibility index (Phi) is 4.11. The van der Waals surface area contributed by atoms with E-state index >= 15 is 0 Å². The summed E-state index contributed by atoms with van der Waals surface area (Å²) in [6.45, 7) is 3.87. The summed E-state index contributed by atoms with van der Waals surface area (Å²) < 4.78 is 5.61. The summed E-state index contributed by atoms with van der Waals surface area (Å²) in [5.74, 6) is 0.417. The lowest BCUT2D eigenvalue weighted by molar-refractivity contribution is 0.233. The Hall–Kier alpha value is -2.34. The monoisotopic (exact) mass is 312 g/mol. The first-order valence-electron chi connectivity index (χ1n) is 6.94. The Bertz CT molecular complexity index is 802. The summed E-state index contributed by atoms with van der Waals surface area (Å²) in [6, 6.07) is 9.98. The fourth-order valence-corrected chi connectivity index (χ4v) is 2.94. The van der Waals surface area contributed by atoms with Gasteiger partial charge in [0.1, 0.15) is 17.0 Å². The molecule has 0 amide bonds. The third-order valence-electron chi connectivity index (χ3n) is 2.96. The summed E-state index contributed by atoms with van der Waals surface area (Å²) in [5.41, 5.74) is 7.52. The normalized spacial score (nSPS) is 11.0. The van der Waals surface area contributed by atoms with Gasteiger partial charge in [0.2, 0.25) is 5.88 Å². The topological polar surface area (TPSA) is 73.9 Å². The molecule has 0 aliphatic carbocycles. The second-order valence-corrected chi connectivity index (χ2v) is 6.03. The second-order valence-electron chi connectivity index (χ2n) is 5.00. The number of hydrogen-bond donors (Lipinski definition) is 1. The first kappa shape index (κ1) is 14.6. The van der Waals surface area contributed by atoms with Gasteiger partial charge in [-0.1, -0.05) is 30.0 Å². The number of nitrogen functional groups attached to an aromatic ring is 1. The Morgan fingerprint density at radius 1 is 1.09 bits per heavy atom. The number of ether oxygens (including phenoxy) is 1. The number of benzene rings is 1. The molecule has 0 spiro atoms. The van der Waals surface area contributed by atoms with Gasteiger partial charge in [0.15, 0.2) is 0 Å². The van der Waals surface area contributed by atoms with Crippen molar-refractivity contribution in [1.82, 2.24) is 15.0 Å². The van der Waals surface area contributed by atoms with Gasteiger partial charge < -0.3 is 10.5 Å². The van der Waals surface area contributed by atoms with Crippen LogP contribution in [0.4, 0.5) is 5.69 Å². The molecule has 2 heterocycles. The molecule has 2 N–H and O–H groups in total. The number of pyridine rings is 1. The standard InChI is InChI=1S/C16H16N4OS/c1-10(2)21-15-13(17)16(20-9-19-15)22-12-7-3-5-11-6-4-8-18-14(11)12/h3-10H,17H2,1-2H3. The minimum atomic E-state index is 0.00859. The van der Waals surface area contributed by atoms with Crippen LogP contribution in [0.2, 0.25) is 0 Å². The van der Waals surface area contributed by atoms with Crippen LogP contribution < -0.4 is 10.5 Å². The number of nitrogens with two attached hydrogens (primary N) is 1. The molecule has 5 nitrogen and oxygen atoms in total. The highest BCUT2D eigenvalue weighted by atomic mass is 32.2. The zero-order valence-electron chi connectivity index (χ0n) is 12.4. The van der Waals surface area contributed by atoms with Crippen molar-refractivity contribution in [1.29, 1.82) is 0 Å². The van der Waals surface area contributed by atoms with Gasteiger partial charge in [-0.3, -0.25) is 4.98 Å². The maximum atomic E-state index is 6.13. The van der Waals surface area contributed by atoms with E-state index in [0.717, 1.165) is 15.8 Å². The van der Waals surface area contributed by atoms with Crippen LogP contribution in [0.1, 0.15) is 13.8 Å². The quantitative estimate of drug-likeness (QED) is 0.743. The summed E-state index contributed by atoms with van der Waals surface area (Å²) in [6.07, 6.45) is 3.26. The van der Waals surface area contributed by atoms with E-state index in [0.29, 0.717) is 16.6 Å². The number of para-hydroxylation sites is 1. The lowest BCUT2D eigenvalue weighted by Gasteiger charge is -2.12. The molecule has 0 saturated carbocycles. The van der Waals surface area contributed by atoms with Crippen LogP contribution >= 0.6 is 11.8 Å². The Morgan fingerprint density at radius 2 is 1.91 bits per heavy atom. The van der Waals surface area contributed by atoms with Gasteiger partial charge in [-0.05, 0) is 26.0 Å². The fraction of sp³-hybridized carbons (Fsp3) is 0.188. The highest BCUT2D eigenvalue weighted by molar-refractivity contribution is 7.99. The van der Waals surface area contributed by atoms with E-state index in [9.17, 15) is 0 Å². The van der Waals surface area contributed by atoms with E-state index in [1.54, 1.807) is 6.20 Å². The molecule has 3 aromatic rings. The molecular formula is C16H16N4OS. The zero-order chi connectivity index (χ0) is 15.5. The SMILES string of the molecule is CC(C)Oc1ncnc(Sc2cccc3cccnc23)c1N. The van der Waals surface area contributed by atoms with Crippen LogP contribution in [0.3, 0.4) is 0 Å². The Balaban J connectivity index is 1.99. The van der Waals surface area contributed by atoms with Gasteiger partial charge in [-0.25, -0.2) is 4.98 Å². The van der Waals surface area contributed by atoms with Crippen molar-refractivity contribution < 1.29 is 4.74 Å². The Morgan fingerprint density at radius 3 is 2.73 bits per heavy atom. The summed E-state index contributed by atoms with van der Waals surface area (Å²) in [4.78, 5) is 13.8. The van der Waals surface area contributed by atoms with E-state index in [2.05, 4.69) is 15.0 Å². The molecule has 0 radical (unpaired) electrons. The van der Waals surface area contributed by atoms with Gasteiger partial charge in [0, 0.05) is 16.5 Å². The number of nitrogens with zero attached hydrogens (tertiary/aromatic N) is 3. The van der Waals surface area contributed by atoms with E-state index in [1.807, 2.05) is 44.2 Å². The van der Waals surface area contributed by atoms with Crippen molar-refractivity contribution in [2.75, 3.05) is 5.73 Å². The summed E-state index contributed by atoms with van der Waals surface area (Å²) in [7, 11) is 0. The zero-order valence-corrected chi connectivity index (χ0v) is 13.2. The van der Waals surface area contributed by atoms with Gasteiger partial charge in [0.05, 0.1) is 11.6 Å². The highest BCUT2D eigenvalue weighted by Crippen LogP contribution is 2.36. The lowest BCUT2D eigenvalue weighted by atomic mass is 10.2. The molecule has 0 aliphatic rings. The first-order valence-corrected chi connectivity index (χ1v) is 7.75. The van der Waals surface area contributed by atoms with E-state index in [4.69, 9.17) is 10.5 Å². The minimum Gasteiger partial charge on any atom is -0.473 e. The molecule has 0 saturated heterocycles. The molecule has 0 fully saturated rings. The van der Waals surface area contributed by atoms with Crippen LogP contribution in [0.25, 0.3) is 10.9 Å². The molecule has 22 heavy (non-hydrogen) atoms. The highest BCUT2D eigenvalue weighted by Gasteiger charge is 2.13. The van der Waals surface area contributed by atoms with Crippen LogP contribution in [-0.2, 0) is 0 Å². The smallest absolute Gasteiger partial charge is 0.241 e. The molecule has 6 heteroatoms. The van der Waals surface area contributed by atoms with Crippen molar-refractivity contribution >= 4 is 28.4 Å². The largest absolute Gasteiger partial charge is 0.473 e. The van der Waals surface area contributed by atoms with Crippen molar-refractivity contribution in [3.8, 4) is 5.88 Å². The maximum Gasteiger partial charge on any atom is 0.241 e. The molecule has 0 unspecified atom stereocenters. The number of fused-ring (bicyclic) bond motifs is 1. The molecule has 0 aliphatic heterocycles. The third-order valence-corrected chi connectivity index (χ3v) is 4.03. The number of aromatic nitrogens is 3. The average Bonchev–Trinajstić information content (AvgIpc) is 2.51. The second kappa shape index (κ2) is 6.19. The molecule has 0 bridgehead atoms. The van der Waals surface area contributed by atoms with Crippen LogP contribution in [-0.4, -0.2) is 21.1 Å². The number of rotatable bonds is 4. The number of hydrogen-bond acceptors (Lipinski definition) is 6. The maximum absolute atomic E-state index is 6.13. The first-order chi connectivity index (χ1) is 10.6. The van der Waals surface area contributed by atoms with Crippen molar-refractivity contribution in [2.24, 2.45) is 0 Å². The lowest BCUT2D eigenvalue weighted by Crippen LogP contribution is -2.10. The molecule has 112 valence electrons. The van der Waals surface area contributed by atoms with Crippen LogP contribution in [0.5, 0.6) is 5.88 Å². The molecule has 0 atom stereocenters. The molecule has 2 aromatic heterocycles. The summed E-state index contributed by atoms with van der Waals surface area (Å²) in [5, 5.41) is 1.75. The molecular weight excluding hydrogens is 296 g/mol. The third kappa shape index (κ3) is 2.96. The average molecular weight is 312 g/mol. The fourth-order valence-electron chi connectivity index (χ4n) is 2.03. The van der Waals surface area contributed by atoms with E-state index < -0.39 is 0 Å². The van der Waals surface area contributed by atoms with Crippen molar-refractivity contribution in [3.05, 3.63) is 42.9 Å². The predicted molar refractivity (Wildman–Crippen MR) is 88.1 cm³/mol. The molecule has 3 rings (SSSR count). The van der Waals surface area contributed by atoms with Gasteiger partial charge in [-0.2, -0.15) is 4.98 Å². The van der Waals surface area contributed by atoms with E-state index in [-0.39, 0.29) is 6.10 Å². The Labute approximate surface area is 133 Å². The van der Waals surface area contributed by atoms with E-state index in [1.165, 1.54) is 18.1 Å². The molecule has 1 aromatic carbocycles. The minimum absolute atomic E-state index is 0.00859. The number of anilines is 1. The van der Waals surface area contributed by atoms with Gasteiger partial charge >= 0.3 is 0 Å². The summed E-state index contributed by atoms with van der Waals surface area (Å²) >= 11 is 1.47. The van der Waals surface area contributed by atoms with Gasteiger partial charge in [0.25, 0.3) is 0 Å².